The van der Waals surface area contributed by atoms with Gasteiger partial charge in [-0.2, -0.15) is 0 Å². The number of amides is 2. The Hall–Kier alpha value is -3.63. The van der Waals surface area contributed by atoms with E-state index in [1.807, 2.05) is 18.2 Å². The van der Waals surface area contributed by atoms with Crippen molar-refractivity contribution in [2.75, 3.05) is 27.2 Å². The van der Waals surface area contributed by atoms with Crippen molar-refractivity contribution in [2.24, 2.45) is 0 Å². The normalized spacial score (nSPS) is 21.7. The summed E-state index contributed by atoms with van der Waals surface area (Å²) in [5.41, 5.74) is 6.70. The standard InChI is InChI=1S/C37H46N4O5S/c1-23(2)47(44,45)38-37(43)26-10-14-32-33(19-26)40-20-24(17-34(42)41-28-11-12-29(41)22-39(3)21-28)16-27-18-30(46-4)13-15-31(27)36(40)35(32)25-8-6-5-7-9-25/h10,13-16,18-19,23,25,28-29H,5-9,11-12,17,20-22H2,1-4H3,(H,38,43). The van der Waals surface area contributed by atoms with Crippen LogP contribution in [-0.2, 0) is 21.4 Å². The van der Waals surface area contributed by atoms with E-state index in [0.29, 0.717) is 24.4 Å². The second-order valence-electron chi connectivity index (χ2n) is 14.3. The Morgan fingerprint density at radius 2 is 1.70 bits per heavy atom. The lowest BCUT2D eigenvalue weighted by atomic mass is 9.81. The van der Waals surface area contributed by atoms with Crippen LogP contribution in [0.2, 0.25) is 0 Å². The fourth-order valence-corrected chi connectivity index (χ4v) is 9.08. The molecular formula is C37H46N4O5S. The van der Waals surface area contributed by atoms with Gasteiger partial charge in [0, 0.05) is 60.2 Å². The molecule has 1 saturated carbocycles. The zero-order valence-electron chi connectivity index (χ0n) is 27.9. The summed E-state index contributed by atoms with van der Waals surface area (Å²) in [5.74, 6) is 0.665. The lowest BCUT2D eigenvalue weighted by Gasteiger charge is -2.39. The van der Waals surface area contributed by atoms with Gasteiger partial charge >= 0.3 is 0 Å². The van der Waals surface area contributed by atoms with Gasteiger partial charge in [-0.1, -0.05) is 31.4 Å². The van der Waals surface area contributed by atoms with Crippen LogP contribution in [0, 0.1) is 0 Å². The first kappa shape index (κ1) is 31.9. The van der Waals surface area contributed by atoms with Crippen molar-refractivity contribution in [3.05, 3.63) is 58.7 Å². The predicted octanol–water partition coefficient (Wildman–Crippen LogP) is 5.92. The average Bonchev–Trinajstić information content (AvgIpc) is 3.45. The third-order valence-corrected chi connectivity index (χ3v) is 12.5. The molecule has 2 bridgehead atoms. The SMILES string of the molecule is COc1ccc2c(c1)C=C(CC(=O)N1C3CCC1CN(C)C3)Cn1c-2c(C2CCCCC2)c2ccc(C(=O)NS(=O)(=O)C(C)C)cc21. The number of fused-ring (bicyclic) bond motifs is 7. The van der Waals surface area contributed by atoms with Gasteiger partial charge in [0.25, 0.3) is 5.91 Å². The number of benzene rings is 2. The van der Waals surface area contributed by atoms with Crippen LogP contribution < -0.4 is 9.46 Å². The minimum atomic E-state index is -3.79. The highest BCUT2D eigenvalue weighted by atomic mass is 32.2. The first-order valence-electron chi connectivity index (χ1n) is 17.1. The van der Waals surface area contributed by atoms with Crippen molar-refractivity contribution in [2.45, 2.75) is 95.0 Å². The van der Waals surface area contributed by atoms with E-state index < -0.39 is 21.2 Å². The number of ether oxygens (including phenoxy) is 1. The van der Waals surface area contributed by atoms with Gasteiger partial charge in [-0.25, -0.2) is 13.1 Å². The zero-order chi connectivity index (χ0) is 33.0. The van der Waals surface area contributed by atoms with Crippen molar-refractivity contribution < 1.29 is 22.7 Å². The number of likely N-dealkylation sites (tertiary alicyclic amines) is 1. The molecule has 7 rings (SSSR count). The second-order valence-corrected chi connectivity index (χ2v) is 16.5. The van der Waals surface area contributed by atoms with Crippen LogP contribution in [-0.4, -0.2) is 79.2 Å². The molecule has 2 saturated heterocycles. The molecule has 1 N–H and O–H groups in total. The minimum Gasteiger partial charge on any atom is -0.497 e. The maximum absolute atomic E-state index is 14.1. The Labute approximate surface area is 278 Å². The molecule has 3 aliphatic heterocycles. The van der Waals surface area contributed by atoms with E-state index in [-0.39, 0.29) is 18.0 Å². The topological polar surface area (TPSA) is 101 Å². The van der Waals surface area contributed by atoms with Gasteiger partial charge in [0.2, 0.25) is 15.9 Å². The number of nitrogens with one attached hydrogen (secondary N) is 1. The van der Waals surface area contributed by atoms with Crippen LogP contribution in [0.15, 0.2) is 42.0 Å². The third kappa shape index (κ3) is 5.88. The molecule has 3 fully saturated rings. The van der Waals surface area contributed by atoms with E-state index in [2.05, 4.69) is 44.3 Å². The molecule has 2 amide bonds. The third-order valence-electron chi connectivity index (χ3n) is 10.8. The van der Waals surface area contributed by atoms with Crippen LogP contribution in [0.5, 0.6) is 5.75 Å². The first-order valence-corrected chi connectivity index (χ1v) is 18.7. The summed E-state index contributed by atoms with van der Waals surface area (Å²) in [6.07, 6.45) is 10.4. The van der Waals surface area contributed by atoms with Crippen molar-refractivity contribution >= 4 is 38.8 Å². The highest BCUT2D eigenvalue weighted by Gasteiger charge is 2.41. The van der Waals surface area contributed by atoms with Gasteiger partial charge in [0.15, 0.2) is 0 Å². The number of aromatic nitrogens is 1. The van der Waals surface area contributed by atoms with E-state index in [1.165, 1.54) is 24.8 Å². The van der Waals surface area contributed by atoms with Gasteiger partial charge < -0.3 is 19.1 Å². The lowest BCUT2D eigenvalue weighted by molar-refractivity contribution is -0.135. The summed E-state index contributed by atoms with van der Waals surface area (Å²) in [4.78, 5) is 31.9. The molecule has 9 nitrogen and oxygen atoms in total. The average molecular weight is 659 g/mol. The molecule has 1 aliphatic carbocycles. The Morgan fingerprint density at radius 3 is 2.38 bits per heavy atom. The smallest absolute Gasteiger partial charge is 0.264 e. The highest BCUT2D eigenvalue weighted by Crippen LogP contribution is 2.47. The Balaban J connectivity index is 1.36. The molecule has 2 unspecified atom stereocenters. The number of hydrogen-bond donors (Lipinski definition) is 1. The van der Waals surface area contributed by atoms with Crippen molar-refractivity contribution in [1.82, 2.24) is 19.1 Å². The number of rotatable bonds is 7. The molecule has 2 atom stereocenters. The largest absolute Gasteiger partial charge is 0.497 e. The number of methoxy groups -OCH3 is 1. The lowest BCUT2D eigenvalue weighted by Crippen LogP contribution is -2.54. The fraction of sp³-hybridized carbons (Fsp3) is 0.514. The van der Waals surface area contributed by atoms with E-state index in [9.17, 15) is 18.0 Å². The molecule has 4 heterocycles. The van der Waals surface area contributed by atoms with E-state index in [1.54, 1.807) is 27.0 Å². The van der Waals surface area contributed by atoms with Crippen LogP contribution in [0.3, 0.4) is 0 Å². The van der Waals surface area contributed by atoms with E-state index in [4.69, 9.17) is 4.74 Å². The highest BCUT2D eigenvalue weighted by molar-refractivity contribution is 7.90. The minimum absolute atomic E-state index is 0.174. The maximum Gasteiger partial charge on any atom is 0.264 e. The maximum atomic E-state index is 14.1. The Kier molecular flexibility index (Phi) is 8.45. The van der Waals surface area contributed by atoms with Crippen LogP contribution in [0.4, 0.5) is 0 Å². The van der Waals surface area contributed by atoms with Gasteiger partial charge in [0.05, 0.1) is 18.1 Å². The number of nitrogens with zero attached hydrogens (tertiary/aromatic N) is 3. The van der Waals surface area contributed by atoms with Crippen molar-refractivity contribution in [3.8, 4) is 17.0 Å². The summed E-state index contributed by atoms with van der Waals surface area (Å²) in [7, 11) is 0.0189. The molecular weight excluding hydrogens is 612 g/mol. The van der Waals surface area contributed by atoms with Crippen molar-refractivity contribution in [1.29, 1.82) is 0 Å². The second kappa shape index (κ2) is 12.4. The molecule has 0 spiro atoms. The zero-order valence-corrected chi connectivity index (χ0v) is 28.7. The molecule has 1 aromatic heterocycles. The number of carbonyl (C=O) groups excluding carboxylic acids is 2. The van der Waals surface area contributed by atoms with Gasteiger partial charge in [0.1, 0.15) is 5.75 Å². The Bertz CT molecular complexity index is 1860. The quantitative estimate of drug-likeness (QED) is 0.338. The number of hydrogen-bond acceptors (Lipinski definition) is 6. The van der Waals surface area contributed by atoms with E-state index in [0.717, 1.165) is 77.8 Å². The van der Waals surface area contributed by atoms with Crippen molar-refractivity contribution in [3.63, 3.8) is 0 Å². The number of sulfonamides is 1. The summed E-state index contributed by atoms with van der Waals surface area (Å²) < 4.78 is 35.4. The van der Waals surface area contributed by atoms with E-state index >= 15 is 0 Å². The molecule has 4 aliphatic rings. The summed E-state index contributed by atoms with van der Waals surface area (Å²) in [6.45, 7) is 5.43. The molecule has 0 radical (unpaired) electrons. The van der Waals surface area contributed by atoms with Crippen LogP contribution in [0.25, 0.3) is 28.2 Å². The monoisotopic (exact) mass is 658 g/mol. The number of carbonyl (C=O) groups is 2. The summed E-state index contributed by atoms with van der Waals surface area (Å²) in [6, 6.07) is 12.3. The first-order chi connectivity index (χ1) is 22.5. The molecule has 10 heteroatoms. The molecule has 2 aromatic carbocycles. The number of likely N-dealkylation sites (N-methyl/N-ethyl adjacent to an activating group) is 1. The summed E-state index contributed by atoms with van der Waals surface area (Å²) in [5, 5.41) is 0.355. The molecule has 250 valence electrons. The predicted molar refractivity (Wildman–Crippen MR) is 185 cm³/mol. The fourth-order valence-electron chi connectivity index (χ4n) is 8.47. The summed E-state index contributed by atoms with van der Waals surface area (Å²) >= 11 is 0. The van der Waals surface area contributed by atoms with Crippen LogP contribution in [0.1, 0.15) is 92.6 Å². The van der Waals surface area contributed by atoms with Gasteiger partial charge in [-0.15, -0.1) is 0 Å². The number of piperazine rings is 1. The van der Waals surface area contributed by atoms with Gasteiger partial charge in [-0.05, 0) is 99.5 Å². The van der Waals surface area contributed by atoms with Gasteiger partial charge in [-0.3, -0.25) is 9.59 Å². The molecule has 3 aromatic rings. The molecule has 47 heavy (non-hydrogen) atoms. The van der Waals surface area contributed by atoms with Crippen LogP contribution >= 0.6 is 0 Å². The Morgan fingerprint density at radius 1 is 0.979 bits per heavy atom.